The second-order valence-electron chi connectivity index (χ2n) is 7.45. The van der Waals surface area contributed by atoms with Crippen molar-refractivity contribution in [3.05, 3.63) is 64.2 Å². The van der Waals surface area contributed by atoms with Crippen molar-refractivity contribution < 1.29 is 9.59 Å². The second kappa shape index (κ2) is 9.93. The van der Waals surface area contributed by atoms with Crippen molar-refractivity contribution in [2.45, 2.75) is 40.5 Å². The Morgan fingerprint density at radius 1 is 1.00 bits per heavy atom. The van der Waals surface area contributed by atoms with Crippen LogP contribution in [0.25, 0.3) is 0 Å². The van der Waals surface area contributed by atoms with Gasteiger partial charge in [0.15, 0.2) is 0 Å². The van der Waals surface area contributed by atoms with E-state index >= 15 is 0 Å². The molecule has 5 nitrogen and oxygen atoms in total. The molecule has 5 heteroatoms. The molecule has 2 amide bonds. The Balaban J connectivity index is 1.97. The number of hydrogen-bond donors (Lipinski definition) is 2. The largest absolute Gasteiger partial charge is 0.370 e. The Kier molecular flexibility index (Phi) is 7.61. The van der Waals surface area contributed by atoms with Crippen LogP contribution < -0.4 is 16.0 Å². The van der Waals surface area contributed by atoms with Crippen molar-refractivity contribution in [2.75, 3.05) is 24.5 Å². The summed E-state index contributed by atoms with van der Waals surface area (Å²) in [5.74, 6) is -0.434. The van der Waals surface area contributed by atoms with E-state index in [9.17, 15) is 9.59 Å². The summed E-state index contributed by atoms with van der Waals surface area (Å²) in [4.78, 5) is 25.6. The van der Waals surface area contributed by atoms with Crippen LogP contribution in [0, 0.1) is 27.7 Å². The van der Waals surface area contributed by atoms with Crippen LogP contribution in [0.1, 0.15) is 34.2 Å². The lowest BCUT2D eigenvalue weighted by atomic mass is 9.97. The highest BCUT2D eigenvalue weighted by Crippen LogP contribution is 2.17. The zero-order valence-corrected chi connectivity index (χ0v) is 17.3. The average Bonchev–Trinajstić information content (AvgIpc) is 2.60. The fourth-order valence-corrected chi connectivity index (χ4v) is 3.53. The number of amides is 2. The van der Waals surface area contributed by atoms with Gasteiger partial charge < -0.3 is 16.0 Å². The maximum Gasteiger partial charge on any atom is 0.239 e. The zero-order chi connectivity index (χ0) is 20.7. The highest BCUT2D eigenvalue weighted by molar-refractivity contribution is 5.82. The van der Waals surface area contributed by atoms with Gasteiger partial charge in [-0.3, -0.25) is 9.59 Å². The Morgan fingerprint density at radius 3 is 2.29 bits per heavy atom. The molecule has 150 valence electrons. The summed E-state index contributed by atoms with van der Waals surface area (Å²) < 4.78 is 0. The van der Waals surface area contributed by atoms with Crippen LogP contribution in [0.4, 0.5) is 5.69 Å². The third-order valence-corrected chi connectivity index (χ3v) is 4.87. The van der Waals surface area contributed by atoms with Gasteiger partial charge in [0.1, 0.15) is 0 Å². The minimum absolute atomic E-state index is 0.0617. The maximum atomic E-state index is 12.5. The highest BCUT2D eigenvalue weighted by atomic mass is 16.2. The van der Waals surface area contributed by atoms with E-state index in [-0.39, 0.29) is 24.8 Å². The molecule has 0 bridgehead atoms. The SMILES string of the molecule is Cc1cccc(N(CCC(N)=O)CC(=O)NCCc2c(C)cc(C)cc2C)c1. The van der Waals surface area contributed by atoms with Gasteiger partial charge in [-0.15, -0.1) is 0 Å². The Labute approximate surface area is 167 Å². The molecule has 0 heterocycles. The van der Waals surface area contributed by atoms with Gasteiger partial charge in [-0.05, 0) is 68.5 Å². The molecule has 2 aromatic rings. The number of anilines is 1. The van der Waals surface area contributed by atoms with Crippen LogP contribution >= 0.6 is 0 Å². The topological polar surface area (TPSA) is 75.4 Å². The molecule has 0 radical (unpaired) electrons. The van der Waals surface area contributed by atoms with E-state index in [2.05, 4.69) is 38.2 Å². The number of carbonyl (C=O) groups is 2. The third kappa shape index (κ3) is 6.41. The summed E-state index contributed by atoms with van der Waals surface area (Å²) in [7, 11) is 0. The molecule has 0 atom stereocenters. The lowest BCUT2D eigenvalue weighted by Gasteiger charge is -2.24. The van der Waals surface area contributed by atoms with Gasteiger partial charge in [0, 0.05) is 25.2 Å². The summed E-state index contributed by atoms with van der Waals surface area (Å²) in [5, 5.41) is 3.01. The molecular formula is C23H31N3O2. The van der Waals surface area contributed by atoms with Gasteiger partial charge in [0.25, 0.3) is 0 Å². The average molecular weight is 382 g/mol. The minimum Gasteiger partial charge on any atom is -0.370 e. The van der Waals surface area contributed by atoms with E-state index in [1.807, 2.05) is 36.1 Å². The van der Waals surface area contributed by atoms with E-state index in [1.54, 1.807) is 0 Å². The molecule has 2 rings (SSSR count). The summed E-state index contributed by atoms with van der Waals surface area (Å²) in [6.45, 7) is 9.52. The highest BCUT2D eigenvalue weighted by Gasteiger charge is 2.13. The van der Waals surface area contributed by atoms with Gasteiger partial charge in [-0.2, -0.15) is 0 Å². The molecule has 0 aromatic heterocycles. The Bertz CT molecular complexity index is 822. The number of carbonyl (C=O) groups excluding carboxylic acids is 2. The van der Waals surface area contributed by atoms with Crippen LogP contribution in [-0.2, 0) is 16.0 Å². The molecule has 28 heavy (non-hydrogen) atoms. The number of benzene rings is 2. The molecule has 0 aliphatic heterocycles. The summed E-state index contributed by atoms with van der Waals surface area (Å²) in [5.41, 5.74) is 12.4. The van der Waals surface area contributed by atoms with Gasteiger partial charge >= 0.3 is 0 Å². The van der Waals surface area contributed by atoms with Crippen LogP contribution in [0.2, 0.25) is 0 Å². The fourth-order valence-electron chi connectivity index (χ4n) is 3.53. The van der Waals surface area contributed by atoms with Crippen LogP contribution in [0.3, 0.4) is 0 Å². The first kappa shape index (κ1) is 21.5. The van der Waals surface area contributed by atoms with Crippen molar-refractivity contribution in [3.8, 4) is 0 Å². The fraction of sp³-hybridized carbons (Fsp3) is 0.391. The van der Waals surface area contributed by atoms with Gasteiger partial charge in [-0.1, -0.05) is 29.8 Å². The van der Waals surface area contributed by atoms with E-state index in [0.717, 1.165) is 17.7 Å². The standard InChI is InChI=1S/C23H31N3O2/c1-16-6-5-7-20(14-16)26(11-9-22(24)27)15-23(28)25-10-8-21-18(3)12-17(2)13-19(21)4/h5-7,12-14H,8-11,15H2,1-4H3,(H2,24,27)(H,25,28). The van der Waals surface area contributed by atoms with Crippen molar-refractivity contribution in [1.29, 1.82) is 0 Å². The number of rotatable bonds is 9. The minimum atomic E-state index is -0.372. The molecule has 0 saturated heterocycles. The zero-order valence-electron chi connectivity index (χ0n) is 17.3. The van der Waals surface area contributed by atoms with E-state index in [0.29, 0.717) is 13.1 Å². The number of aryl methyl sites for hydroxylation is 4. The number of nitrogens with zero attached hydrogens (tertiary/aromatic N) is 1. The molecule has 0 aliphatic carbocycles. The van der Waals surface area contributed by atoms with Crippen LogP contribution in [0.15, 0.2) is 36.4 Å². The predicted octanol–water partition coefficient (Wildman–Crippen LogP) is 2.96. The maximum absolute atomic E-state index is 12.5. The summed E-state index contributed by atoms with van der Waals surface area (Å²) >= 11 is 0. The summed E-state index contributed by atoms with van der Waals surface area (Å²) in [6, 6.07) is 12.2. The normalized spacial score (nSPS) is 10.6. The lowest BCUT2D eigenvalue weighted by molar-refractivity contribution is -0.120. The first-order valence-corrected chi connectivity index (χ1v) is 9.69. The quantitative estimate of drug-likeness (QED) is 0.701. The number of nitrogens with two attached hydrogens (primary N) is 1. The monoisotopic (exact) mass is 381 g/mol. The third-order valence-electron chi connectivity index (χ3n) is 4.87. The lowest BCUT2D eigenvalue weighted by Crippen LogP contribution is -2.39. The van der Waals surface area contributed by atoms with Crippen LogP contribution in [-0.4, -0.2) is 31.4 Å². The number of primary amides is 1. The molecule has 0 spiro atoms. The van der Waals surface area contributed by atoms with Crippen molar-refractivity contribution in [1.82, 2.24) is 5.32 Å². The van der Waals surface area contributed by atoms with Gasteiger partial charge in [-0.25, -0.2) is 0 Å². The molecule has 0 saturated carbocycles. The number of hydrogen-bond acceptors (Lipinski definition) is 3. The van der Waals surface area contributed by atoms with Gasteiger partial charge in [0.2, 0.25) is 11.8 Å². The predicted molar refractivity (Wildman–Crippen MR) is 115 cm³/mol. The van der Waals surface area contributed by atoms with E-state index in [1.165, 1.54) is 22.3 Å². The smallest absolute Gasteiger partial charge is 0.239 e. The summed E-state index contributed by atoms with van der Waals surface area (Å²) in [6.07, 6.45) is 1.01. The number of nitrogens with one attached hydrogen (secondary N) is 1. The first-order valence-electron chi connectivity index (χ1n) is 9.69. The Morgan fingerprint density at radius 2 is 1.68 bits per heavy atom. The van der Waals surface area contributed by atoms with E-state index in [4.69, 9.17) is 5.73 Å². The van der Waals surface area contributed by atoms with Crippen molar-refractivity contribution in [2.24, 2.45) is 5.73 Å². The second-order valence-corrected chi connectivity index (χ2v) is 7.45. The van der Waals surface area contributed by atoms with Gasteiger partial charge in [0.05, 0.1) is 6.54 Å². The molecule has 0 unspecified atom stereocenters. The molecule has 0 fully saturated rings. The molecule has 0 aliphatic rings. The van der Waals surface area contributed by atoms with Crippen molar-refractivity contribution >= 4 is 17.5 Å². The molecular weight excluding hydrogens is 350 g/mol. The first-order chi connectivity index (χ1) is 13.3. The van der Waals surface area contributed by atoms with E-state index < -0.39 is 0 Å². The van der Waals surface area contributed by atoms with Crippen LogP contribution in [0.5, 0.6) is 0 Å². The van der Waals surface area contributed by atoms with Crippen molar-refractivity contribution in [3.63, 3.8) is 0 Å². The Hall–Kier alpha value is -2.82. The molecule has 2 aromatic carbocycles. The molecule has 3 N–H and O–H groups in total.